The topological polar surface area (TPSA) is 52.6 Å². The molecule has 2 fully saturated rings. The van der Waals surface area contributed by atoms with Gasteiger partial charge in [0.1, 0.15) is 12.2 Å². The average molecular weight is 619 g/mol. The molecular formula is C42H50O4. The summed E-state index contributed by atoms with van der Waals surface area (Å²) in [5.74, 6) is -0.511. The van der Waals surface area contributed by atoms with E-state index in [1.54, 1.807) is 0 Å². The van der Waals surface area contributed by atoms with E-state index < -0.39 is 0 Å². The fourth-order valence-electron chi connectivity index (χ4n) is 9.36. The van der Waals surface area contributed by atoms with E-state index in [9.17, 15) is 9.59 Å². The van der Waals surface area contributed by atoms with Crippen LogP contribution in [0.15, 0.2) is 72.8 Å². The van der Waals surface area contributed by atoms with Crippen LogP contribution < -0.4 is 0 Å². The summed E-state index contributed by atoms with van der Waals surface area (Å²) >= 11 is 0. The maximum absolute atomic E-state index is 13.6. The molecule has 0 bridgehead atoms. The molecule has 6 rings (SSSR count). The van der Waals surface area contributed by atoms with Gasteiger partial charge in [-0.05, 0) is 117 Å². The first-order valence-electron chi connectivity index (χ1n) is 17.0. The van der Waals surface area contributed by atoms with E-state index >= 15 is 0 Å². The molecular weight excluding hydrogens is 568 g/mol. The number of rotatable bonds is 5. The number of esters is 2. The van der Waals surface area contributed by atoms with Crippen molar-refractivity contribution in [1.29, 1.82) is 0 Å². The molecule has 2 aliphatic rings. The molecule has 4 aromatic carbocycles. The Balaban J connectivity index is 1.26. The standard InChI is InChI=1S/C42H50O4/c1-39(2)21-31(22-40(3,4)25-39)45-37(43)34-13-10-12-30-19-28(17-18-33(30)34)29-16-15-27-11-9-14-35(36(27)20-29)38(44)46-32-23-41(5,6)26-42(7,8)24-32/h9-20,31-32H,21-26H2,1-8H3. The highest BCUT2D eigenvalue weighted by Gasteiger charge is 2.41. The van der Waals surface area contributed by atoms with Gasteiger partial charge in [0.25, 0.3) is 0 Å². The number of carbonyl (C=O) groups excluding carboxylic acids is 2. The smallest absolute Gasteiger partial charge is 0.339 e. The summed E-state index contributed by atoms with van der Waals surface area (Å²) < 4.78 is 12.3. The number of hydrogen-bond acceptors (Lipinski definition) is 4. The lowest BCUT2D eigenvalue weighted by atomic mass is 9.64. The Morgan fingerprint density at radius 3 is 1.48 bits per heavy atom. The molecule has 0 aromatic heterocycles. The minimum atomic E-state index is -0.257. The van der Waals surface area contributed by atoms with Crippen LogP contribution in [0.25, 0.3) is 32.7 Å². The molecule has 0 saturated heterocycles. The third-order valence-corrected chi connectivity index (χ3v) is 10.1. The monoisotopic (exact) mass is 618 g/mol. The van der Waals surface area contributed by atoms with Crippen molar-refractivity contribution in [3.05, 3.63) is 83.9 Å². The van der Waals surface area contributed by atoms with Gasteiger partial charge in [0, 0.05) is 0 Å². The predicted molar refractivity (Wildman–Crippen MR) is 188 cm³/mol. The van der Waals surface area contributed by atoms with E-state index in [1.165, 1.54) is 0 Å². The van der Waals surface area contributed by atoms with Gasteiger partial charge in [-0.3, -0.25) is 0 Å². The van der Waals surface area contributed by atoms with Crippen LogP contribution in [0, 0.1) is 21.7 Å². The number of hydrogen-bond donors (Lipinski definition) is 0. The molecule has 2 saturated carbocycles. The maximum atomic E-state index is 13.6. The third kappa shape index (κ3) is 7.01. The van der Waals surface area contributed by atoms with Gasteiger partial charge in [-0.15, -0.1) is 0 Å². The second-order valence-corrected chi connectivity index (χ2v) is 17.4. The van der Waals surface area contributed by atoms with Crippen molar-refractivity contribution < 1.29 is 19.1 Å². The Morgan fingerprint density at radius 2 is 0.957 bits per heavy atom. The Hall–Kier alpha value is -3.66. The molecule has 0 amide bonds. The van der Waals surface area contributed by atoms with Gasteiger partial charge in [0.2, 0.25) is 0 Å². The zero-order chi connectivity index (χ0) is 33.1. The summed E-state index contributed by atoms with van der Waals surface area (Å²) in [6, 6.07) is 24.1. The predicted octanol–water partition coefficient (Wildman–Crippen LogP) is 11.2. The molecule has 46 heavy (non-hydrogen) atoms. The summed E-state index contributed by atoms with van der Waals surface area (Å²) in [5, 5.41) is 3.75. The van der Waals surface area contributed by atoms with E-state index in [0.29, 0.717) is 11.1 Å². The molecule has 4 aromatic rings. The van der Waals surface area contributed by atoms with Crippen LogP contribution in [0.2, 0.25) is 0 Å². The van der Waals surface area contributed by atoms with Gasteiger partial charge in [0.15, 0.2) is 0 Å². The highest BCUT2D eigenvalue weighted by molar-refractivity contribution is 6.07. The lowest BCUT2D eigenvalue weighted by Crippen LogP contribution is -2.38. The van der Waals surface area contributed by atoms with Crippen LogP contribution in [-0.4, -0.2) is 24.1 Å². The van der Waals surface area contributed by atoms with Gasteiger partial charge >= 0.3 is 11.9 Å². The van der Waals surface area contributed by atoms with E-state index in [2.05, 4.69) is 85.7 Å². The van der Waals surface area contributed by atoms with Crippen molar-refractivity contribution in [3.63, 3.8) is 0 Å². The first-order valence-corrected chi connectivity index (χ1v) is 17.0. The molecule has 4 nitrogen and oxygen atoms in total. The Labute approximate surface area is 274 Å². The normalized spacial score (nSPS) is 20.8. The molecule has 0 spiro atoms. The number of fused-ring (bicyclic) bond motifs is 2. The molecule has 4 heteroatoms. The van der Waals surface area contributed by atoms with Gasteiger partial charge in [-0.25, -0.2) is 9.59 Å². The molecule has 0 atom stereocenters. The first-order chi connectivity index (χ1) is 21.5. The Bertz CT molecular complexity index is 1780. The molecule has 0 heterocycles. The van der Waals surface area contributed by atoms with Gasteiger partial charge in [-0.1, -0.05) is 104 Å². The van der Waals surface area contributed by atoms with Crippen LogP contribution in [-0.2, 0) is 9.47 Å². The fourth-order valence-corrected chi connectivity index (χ4v) is 9.36. The quantitative estimate of drug-likeness (QED) is 0.209. The lowest BCUT2D eigenvalue weighted by molar-refractivity contribution is -0.0293. The van der Waals surface area contributed by atoms with Gasteiger partial charge in [0.05, 0.1) is 11.1 Å². The van der Waals surface area contributed by atoms with Crippen molar-refractivity contribution in [3.8, 4) is 11.1 Å². The Kier molecular flexibility index (Phi) is 8.10. The summed E-state index contributed by atoms with van der Waals surface area (Å²) in [6.07, 6.45) is 5.58. The zero-order valence-corrected chi connectivity index (χ0v) is 29.0. The van der Waals surface area contributed by atoms with Crippen LogP contribution in [0.5, 0.6) is 0 Å². The van der Waals surface area contributed by atoms with Crippen molar-refractivity contribution in [2.75, 3.05) is 0 Å². The number of benzene rings is 4. The molecule has 2 aliphatic carbocycles. The van der Waals surface area contributed by atoms with E-state index in [4.69, 9.17) is 9.47 Å². The molecule has 242 valence electrons. The fraction of sp³-hybridized carbons (Fsp3) is 0.476. The largest absolute Gasteiger partial charge is 0.459 e. The van der Waals surface area contributed by atoms with Crippen LogP contribution >= 0.6 is 0 Å². The van der Waals surface area contributed by atoms with Crippen molar-refractivity contribution >= 4 is 33.5 Å². The summed E-state index contributed by atoms with van der Waals surface area (Å²) in [6.45, 7) is 18.2. The van der Waals surface area contributed by atoms with E-state index in [0.717, 1.165) is 71.2 Å². The number of ether oxygens (including phenoxy) is 2. The third-order valence-electron chi connectivity index (χ3n) is 10.1. The minimum absolute atomic E-state index is 0.0876. The summed E-state index contributed by atoms with van der Waals surface area (Å²) in [7, 11) is 0. The molecule has 0 radical (unpaired) electrons. The van der Waals surface area contributed by atoms with E-state index in [1.807, 2.05) is 42.5 Å². The van der Waals surface area contributed by atoms with Crippen LogP contribution in [0.4, 0.5) is 0 Å². The van der Waals surface area contributed by atoms with Crippen molar-refractivity contribution in [2.45, 2.75) is 106 Å². The second-order valence-electron chi connectivity index (χ2n) is 17.4. The SMILES string of the molecule is CC1(C)CC(OC(=O)c2cccc3cc(-c4ccc5cccc(C(=O)OC6CC(C)(C)CC(C)(C)C6)c5c4)ccc23)CC(C)(C)C1. The maximum Gasteiger partial charge on any atom is 0.339 e. The van der Waals surface area contributed by atoms with Gasteiger partial charge < -0.3 is 9.47 Å². The van der Waals surface area contributed by atoms with Gasteiger partial charge in [-0.2, -0.15) is 0 Å². The van der Waals surface area contributed by atoms with Crippen molar-refractivity contribution in [1.82, 2.24) is 0 Å². The molecule has 0 N–H and O–H groups in total. The van der Waals surface area contributed by atoms with Crippen LogP contribution in [0.3, 0.4) is 0 Å². The zero-order valence-electron chi connectivity index (χ0n) is 29.0. The highest BCUT2D eigenvalue weighted by atomic mass is 16.5. The Morgan fingerprint density at radius 1 is 0.522 bits per heavy atom. The first kappa shape index (κ1) is 32.3. The average Bonchev–Trinajstić information content (AvgIpc) is 2.92. The highest BCUT2D eigenvalue weighted by Crippen LogP contribution is 2.48. The summed E-state index contributed by atoms with van der Waals surface area (Å²) in [5.41, 5.74) is 3.78. The summed E-state index contributed by atoms with van der Waals surface area (Å²) in [4.78, 5) is 27.1. The van der Waals surface area contributed by atoms with E-state index in [-0.39, 0.29) is 45.8 Å². The molecule has 0 aliphatic heterocycles. The lowest BCUT2D eigenvalue weighted by Gasteiger charge is -2.44. The van der Waals surface area contributed by atoms with Crippen LogP contribution in [0.1, 0.15) is 115 Å². The minimum Gasteiger partial charge on any atom is -0.459 e. The molecule has 0 unspecified atom stereocenters. The van der Waals surface area contributed by atoms with Crippen molar-refractivity contribution in [2.24, 2.45) is 21.7 Å². The number of carbonyl (C=O) groups is 2. The second kappa shape index (κ2) is 11.5.